The van der Waals surface area contributed by atoms with Gasteiger partial charge in [-0.15, -0.1) is 11.3 Å². The molecule has 0 radical (unpaired) electrons. The second kappa shape index (κ2) is 8.00. The summed E-state index contributed by atoms with van der Waals surface area (Å²) in [5.74, 6) is -0.788. The Morgan fingerprint density at radius 3 is 2.43 bits per heavy atom. The molecule has 3 aromatic rings. The molecule has 0 aliphatic carbocycles. The van der Waals surface area contributed by atoms with Gasteiger partial charge in [-0.2, -0.15) is 13.2 Å². The number of thiophene rings is 1. The number of nitrogens with zero attached hydrogens (tertiary/aromatic N) is 1. The molecule has 1 N–H and O–H groups in total. The first-order chi connectivity index (χ1) is 14.0. The first kappa shape index (κ1) is 22.2. The number of ether oxygens (including phenoxy) is 2. The van der Waals surface area contributed by atoms with Gasteiger partial charge in [-0.1, -0.05) is 16.8 Å². The lowest BCUT2D eigenvalue weighted by Crippen LogP contribution is -2.14. The van der Waals surface area contributed by atoms with Crippen molar-refractivity contribution in [1.29, 1.82) is 0 Å². The Kier molecular flexibility index (Phi) is 5.94. The summed E-state index contributed by atoms with van der Waals surface area (Å²) in [6, 6.07) is 4.77. The normalized spacial score (nSPS) is 12.1. The number of aromatic nitrogens is 1. The van der Waals surface area contributed by atoms with E-state index >= 15 is 0 Å². The van der Waals surface area contributed by atoms with Crippen LogP contribution in [0, 0.1) is 6.92 Å². The smallest absolute Gasteiger partial charge is 0.452 e. The molecule has 0 saturated carbocycles. The third kappa shape index (κ3) is 4.35. The Balaban J connectivity index is 1.98. The van der Waals surface area contributed by atoms with E-state index < -0.39 is 22.0 Å². The number of hydrogen-bond acceptors (Lipinski definition) is 7. The maximum atomic E-state index is 12.9. The minimum Gasteiger partial charge on any atom is -0.497 e. The van der Waals surface area contributed by atoms with Crippen molar-refractivity contribution in [3.63, 3.8) is 0 Å². The molecule has 7 nitrogen and oxygen atoms in total. The summed E-state index contributed by atoms with van der Waals surface area (Å²) in [4.78, 5) is 0.380. The van der Waals surface area contributed by atoms with Crippen molar-refractivity contribution < 1.29 is 35.6 Å². The maximum absolute atomic E-state index is 12.9. The van der Waals surface area contributed by atoms with Gasteiger partial charge in [0.2, 0.25) is 5.76 Å². The van der Waals surface area contributed by atoms with Crippen molar-refractivity contribution in [1.82, 2.24) is 5.16 Å². The molecule has 1 aromatic carbocycles. The van der Waals surface area contributed by atoms with Gasteiger partial charge >= 0.3 is 6.18 Å². The van der Waals surface area contributed by atoms with Crippen LogP contribution in [0.2, 0.25) is 5.02 Å². The zero-order valence-corrected chi connectivity index (χ0v) is 18.0. The Labute approximate surface area is 178 Å². The van der Waals surface area contributed by atoms with E-state index in [1.807, 2.05) is 0 Å². The lowest BCUT2D eigenvalue weighted by Gasteiger charge is -2.14. The summed E-state index contributed by atoms with van der Waals surface area (Å²) in [5, 5.41) is 3.42. The molecule has 0 bridgehead atoms. The minimum atomic E-state index is -4.70. The summed E-state index contributed by atoms with van der Waals surface area (Å²) in [7, 11) is -1.40. The number of rotatable bonds is 6. The fourth-order valence-electron chi connectivity index (χ4n) is 2.51. The van der Waals surface area contributed by atoms with Crippen LogP contribution < -0.4 is 14.2 Å². The topological polar surface area (TPSA) is 90.7 Å². The first-order valence-electron chi connectivity index (χ1n) is 8.05. The summed E-state index contributed by atoms with van der Waals surface area (Å²) in [6.45, 7) is 1.51. The maximum Gasteiger partial charge on any atom is 0.452 e. The second-order valence-electron chi connectivity index (χ2n) is 5.90. The summed E-state index contributed by atoms with van der Waals surface area (Å²) >= 11 is 7.11. The largest absolute Gasteiger partial charge is 0.497 e. The molecular formula is C17H14ClF3N2O5S2. The highest BCUT2D eigenvalue weighted by Gasteiger charge is 2.36. The molecule has 0 fully saturated rings. The molecule has 2 aromatic heterocycles. The lowest BCUT2D eigenvalue weighted by molar-refractivity contribution is -0.155. The number of benzene rings is 1. The van der Waals surface area contributed by atoms with E-state index in [9.17, 15) is 21.6 Å². The van der Waals surface area contributed by atoms with Crippen LogP contribution in [0.1, 0.15) is 10.6 Å². The number of methoxy groups -OCH3 is 2. The van der Waals surface area contributed by atoms with Crippen molar-refractivity contribution in [2.45, 2.75) is 18.0 Å². The summed E-state index contributed by atoms with van der Waals surface area (Å²) in [5.41, 5.74) is -0.134. The van der Waals surface area contributed by atoms with Crippen LogP contribution in [0.25, 0.3) is 10.6 Å². The highest BCUT2D eigenvalue weighted by Crippen LogP contribution is 2.40. The molecule has 13 heteroatoms. The van der Waals surface area contributed by atoms with Crippen LogP contribution in [0.5, 0.6) is 11.5 Å². The van der Waals surface area contributed by atoms with E-state index in [-0.39, 0.29) is 31.9 Å². The van der Waals surface area contributed by atoms with E-state index in [0.717, 1.165) is 11.3 Å². The third-order valence-electron chi connectivity index (χ3n) is 3.92. The number of halogens is 4. The Hall–Kier alpha value is -2.44. The zero-order valence-electron chi connectivity index (χ0n) is 15.6. The predicted molar refractivity (Wildman–Crippen MR) is 105 cm³/mol. The van der Waals surface area contributed by atoms with Gasteiger partial charge in [0.1, 0.15) is 27.8 Å². The Morgan fingerprint density at radius 1 is 1.17 bits per heavy atom. The lowest BCUT2D eigenvalue weighted by atomic mass is 10.3. The molecule has 0 saturated heterocycles. The molecule has 0 spiro atoms. The monoisotopic (exact) mass is 482 g/mol. The van der Waals surface area contributed by atoms with Gasteiger partial charge in [0.25, 0.3) is 10.0 Å². The quantitative estimate of drug-likeness (QED) is 0.519. The minimum absolute atomic E-state index is 0.00656. The van der Waals surface area contributed by atoms with Crippen LogP contribution in [-0.2, 0) is 16.2 Å². The molecule has 2 heterocycles. The average molecular weight is 483 g/mol. The van der Waals surface area contributed by atoms with Crippen LogP contribution in [0.3, 0.4) is 0 Å². The van der Waals surface area contributed by atoms with Crippen molar-refractivity contribution in [3.8, 4) is 22.1 Å². The summed E-state index contributed by atoms with van der Waals surface area (Å²) in [6.07, 6.45) is -4.70. The van der Waals surface area contributed by atoms with E-state index in [0.29, 0.717) is 16.7 Å². The number of hydrogen-bond donors (Lipinski definition) is 1. The van der Waals surface area contributed by atoms with E-state index in [4.69, 9.17) is 21.1 Å². The zero-order chi connectivity index (χ0) is 22.3. The molecule has 0 aliphatic heterocycles. The molecular weight excluding hydrogens is 469 g/mol. The Morgan fingerprint density at radius 2 is 1.87 bits per heavy atom. The van der Waals surface area contributed by atoms with E-state index in [2.05, 4.69) is 14.4 Å². The van der Waals surface area contributed by atoms with Gasteiger partial charge < -0.3 is 14.0 Å². The van der Waals surface area contributed by atoms with Crippen LogP contribution in [-0.4, -0.2) is 27.8 Å². The van der Waals surface area contributed by atoms with Gasteiger partial charge in [-0.05, 0) is 13.0 Å². The Bertz CT molecular complexity index is 1190. The predicted octanol–water partition coefficient (Wildman–Crippen LogP) is 5.20. The third-order valence-corrected chi connectivity index (χ3v) is 6.90. The van der Waals surface area contributed by atoms with Crippen LogP contribution in [0.4, 0.5) is 18.9 Å². The van der Waals surface area contributed by atoms with Gasteiger partial charge in [0.15, 0.2) is 0 Å². The fourth-order valence-corrected chi connectivity index (χ4v) is 5.45. The molecule has 3 rings (SSSR count). The van der Waals surface area contributed by atoms with Crippen molar-refractivity contribution in [2.24, 2.45) is 0 Å². The molecule has 162 valence electrons. The van der Waals surface area contributed by atoms with E-state index in [1.165, 1.54) is 39.3 Å². The second-order valence-corrected chi connectivity index (χ2v) is 9.21. The molecule has 0 aliphatic rings. The summed E-state index contributed by atoms with van der Waals surface area (Å²) < 4.78 is 80.9. The van der Waals surface area contributed by atoms with Crippen molar-refractivity contribution >= 4 is 38.6 Å². The molecule has 0 unspecified atom stereocenters. The molecule has 30 heavy (non-hydrogen) atoms. The number of alkyl halides is 3. The number of sulfonamides is 1. The van der Waals surface area contributed by atoms with Crippen LogP contribution in [0.15, 0.2) is 33.7 Å². The molecule has 0 atom stereocenters. The highest BCUT2D eigenvalue weighted by molar-refractivity contribution is 7.93. The molecule has 0 amide bonds. The van der Waals surface area contributed by atoms with Gasteiger partial charge in [0, 0.05) is 23.1 Å². The standard InChI is InChI=1S/C17H14ClF3N2O5S2/c1-8-14(7-13(29-8)11-6-15(28-22-11)17(19,20)21)30(24,25)23-16-10(18)4-9(26-2)5-12(16)27-3/h4-7,23H,1-3H3. The van der Waals surface area contributed by atoms with E-state index in [1.54, 1.807) is 0 Å². The fraction of sp³-hybridized carbons (Fsp3) is 0.235. The number of nitrogens with one attached hydrogen (secondary N) is 1. The SMILES string of the molecule is COc1cc(Cl)c(NS(=O)(=O)c2cc(-c3cc(C(F)(F)F)on3)sc2C)c(OC)c1. The number of aryl methyl sites for hydroxylation is 1. The number of anilines is 1. The van der Waals surface area contributed by atoms with Gasteiger partial charge in [-0.3, -0.25) is 4.72 Å². The van der Waals surface area contributed by atoms with Gasteiger partial charge in [0.05, 0.1) is 24.1 Å². The van der Waals surface area contributed by atoms with Gasteiger partial charge in [-0.25, -0.2) is 8.42 Å². The van der Waals surface area contributed by atoms with Crippen molar-refractivity contribution in [2.75, 3.05) is 18.9 Å². The highest BCUT2D eigenvalue weighted by atomic mass is 35.5. The van der Waals surface area contributed by atoms with Crippen molar-refractivity contribution in [3.05, 3.63) is 39.9 Å². The average Bonchev–Trinajstić information content (AvgIpc) is 3.30. The van der Waals surface area contributed by atoms with Crippen LogP contribution >= 0.6 is 22.9 Å². The first-order valence-corrected chi connectivity index (χ1v) is 10.7.